The van der Waals surface area contributed by atoms with E-state index in [1.807, 2.05) is 30.0 Å². The Morgan fingerprint density at radius 3 is 2.60 bits per heavy atom. The van der Waals surface area contributed by atoms with Crippen LogP contribution < -0.4 is 4.74 Å². The molecule has 0 atom stereocenters. The lowest BCUT2D eigenvalue weighted by atomic mass is 9.90. The highest BCUT2D eigenvalue weighted by Gasteiger charge is 2.23. The lowest BCUT2D eigenvalue weighted by Crippen LogP contribution is -2.38. The first kappa shape index (κ1) is 17.4. The van der Waals surface area contributed by atoms with Gasteiger partial charge in [0, 0.05) is 13.1 Å². The summed E-state index contributed by atoms with van der Waals surface area (Å²) in [6.07, 6.45) is 5.95. The molecule has 5 nitrogen and oxygen atoms in total. The van der Waals surface area contributed by atoms with E-state index in [4.69, 9.17) is 4.74 Å². The number of carbonyl (C=O) groups excluding carboxylic acids is 1. The van der Waals surface area contributed by atoms with Gasteiger partial charge in [0.2, 0.25) is 0 Å². The first-order chi connectivity index (χ1) is 12.2. The highest BCUT2D eigenvalue weighted by molar-refractivity contribution is 5.94. The molecule has 0 aliphatic carbocycles. The van der Waals surface area contributed by atoms with E-state index in [9.17, 15) is 4.79 Å². The average Bonchev–Trinajstić information content (AvgIpc) is 2.66. The van der Waals surface area contributed by atoms with Crippen LogP contribution in [0.15, 0.2) is 36.5 Å². The van der Waals surface area contributed by atoms with Gasteiger partial charge in [0.15, 0.2) is 0 Å². The molecule has 1 saturated heterocycles. The summed E-state index contributed by atoms with van der Waals surface area (Å²) in [7, 11) is 1.69. The highest BCUT2D eigenvalue weighted by Crippen LogP contribution is 2.24. The highest BCUT2D eigenvalue weighted by atomic mass is 16.5. The van der Waals surface area contributed by atoms with Crippen molar-refractivity contribution >= 4 is 5.91 Å². The lowest BCUT2D eigenvalue weighted by molar-refractivity contribution is 0.0686. The van der Waals surface area contributed by atoms with E-state index in [0.29, 0.717) is 11.5 Å². The normalized spacial score (nSPS) is 15.2. The number of methoxy groups -OCH3 is 1. The third kappa shape index (κ3) is 4.56. The molecule has 2 aromatic rings. The Morgan fingerprint density at radius 1 is 1.24 bits per heavy atom. The molecule has 1 aromatic carbocycles. The quantitative estimate of drug-likeness (QED) is 0.839. The maximum atomic E-state index is 12.5. The zero-order valence-corrected chi connectivity index (χ0v) is 14.9. The number of rotatable bonds is 5. The van der Waals surface area contributed by atoms with Gasteiger partial charge >= 0.3 is 0 Å². The summed E-state index contributed by atoms with van der Waals surface area (Å²) >= 11 is 0. The van der Waals surface area contributed by atoms with Crippen molar-refractivity contribution in [3.8, 4) is 5.75 Å². The molecule has 1 aliphatic rings. The van der Waals surface area contributed by atoms with Crippen LogP contribution in [0.1, 0.15) is 40.9 Å². The zero-order valence-electron chi connectivity index (χ0n) is 14.9. The van der Waals surface area contributed by atoms with Gasteiger partial charge in [-0.15, -0.1) is 0 Å². The van der Waals surface area contributed by atoms with Gasteiger partial charge in [0.1, 0.15) is 5.75 Å². The van der Waals surface area contributed by atoms with Crippen LogP contribution in [-0.4, -0.2) is 41.2 Å². The number of piperidine rings is 1. The van der Waals surface area contributed by atoms with Crippen LogP contribution in [0.2, 0.25) is 0 Å². The molecular formula is C20H25N3O2. The predicted molar refractivity (Wildman–Crippen MR) is 96.7 cm³/mol. The standard InChI is InChI=1S/C20H25N3O2/c1-15-13-18(14-21-22-15)20(24)23-11-9-17(10-12-23)4-3-16-5-7-19(25-2)8-6-16/h5-8,13-14,17H,3-4,9-12H2,1-2H3. The van der Waals surface area contributed by atoms with Gasteiger partial charge in [0.05, 0.1) is 24.6 Å². The number of benzene rings is 1. The number of carbonyl (C=O) groups is 1. The number of ether oxygens (including phenoxy) is 1. The SMILES string of the molecule is COc1ccc(CCC2CCN(C(=O)c3cnnc(C)c3)CC2)cc1. The molecule has 0 spiro atoms. The topological polar surface area (TPSA) is 55.3 Å². The number of likely N-dealkylation sites (tertiary alicyclic amines) is 1. The number of nitrogens with zero attached hydrogens (tertiary/aromatic N) is 3. The molecule has 2 heterocycles. The summed E-state index contributed by atoms with van der Waals surface area (Å²) < 4.78 is 5.20. The number of hydrogen-bond donors (Lipinski definition) is 0. The Kier molecular flexibility index (Phi) is 5.64. The molecule has 0 radical (unpaired) electrons. The van der Waals surface area contributed by atoms with Gasteiger partial charge < -0.3 is 9.64 Å². The van der Waals surface area contributed by atoms with E-state index in [2.05, 4.69) is 22.3 Å². The van der Waals surface area contributed by atoms with Crippen LogP contribution >= 0.6 is 0 Å². The van der Waals surface area contributed by atoms with E-state index in [0.717, 1.165) is 43.8 Å². The molecule has 25 heavy (non-hydrogen) atoms. The van der Waals surface area contributed by atoms with E-state index < -0.39 is 0 Å². The van der Waals surface area contributed by atoms with Crippen molar-refractivity contribution in [2.45, 2.75) is 32.6 Å². The summed E-state index contributed by atoms with van der Waals surface area (Å²) in [6, 6.07) is 10.1. The smallest absolute Gasteiger partial charge is 0.255 e. The summed E-state index contributed by atoms with van der Waals surface area (Å²) in [6.45, 7) is 3.51. The van der Waals surface area contributed by atoms with E-state index in [1.54, 1.807) is 13.3 Å². The van der Waals surface area contributed by atoms with Crippen molar-refractivity contribution in [2.24, 2.45) is 5.92 Å². The molecular weight excluding hydrogens is 314 g/mol. The third-order valence-corrected chi connectivity index (χ3v) is 4.93. The van der Waals surface area contributed by atoms with Crippen molar-refractivity contribution in [2.75, 3.05) is 20.2 Å². The predicted octanol–water partition coefficient (Wildman–Crippen LogP) is 3.28. The van der Waals surface area contributed by atoms with E-state index in [-0.39, 0.29) is 5.91 Å². The minimum Gasteiger partial charge on any atom is -0.497 e. The minimum atomic E-state index is 0.0756. The first-order valence-corrected chi connectivity index (χ1v) is 8.87. The zero-order chi connectivity index (χ0) is 17.6. The van der Waals surface area contributed by atoms with Gasteiger partial charge in [-0.2, -0.15) is 10.2 Å². The van der Waals surface area contributed by atoms with Crippen LogP contribution in [0, 0.1) is 12.8 Å². The summed E-state index contributed by atoms with van der Waals surface area (Å²) in [5.74, 6) is 1.66. The van der Waals surface area contributed by atoms with Crippen molar-refractivity contribution < 1.29 is 9.53 Å². The molecule has 1 amide bonds. The van der Waals surface area contributed by atoms with Crippen molar-refractivity contribution in [3.05, 3.63) is 53.3 Å². The number of aryl methyl sites for hydroxylation is 2. The Labute approximate surface area is 149 Å². The largest absolute Gasteiger partial charge is 0.497 e. The molecule has 1 fully saturated rings. The number of hydrogen-bond acceptors (Lipinski definition) is 4. The van der Waals surface area contributed by atoms with Crippen molar-refractivity contribution in [3.63, 3.8) is 0 Å². The Hall–Kier alpha value is -2.43. The molecule has 0 saturated carbocycles. The second-order valence-corrected chi connectivity index (χ2v) is 6.71. The molecule has 5 heteroatoms. The Morgan fingerprint density at radius 2 is 1.96 bits per heavy atom. The second kappa shape index (κ2) is 8.10. The fourth-order valence-electron chi connectivity index (χ4n) is 3.36. The molecule has 0 bridgehead atoms. The fourth-order valence-corrected chi connectivity index (χ4v) is 3.36. The Balaban J connectivity index is 1.47. The number of aromatic nitrogens is 2. The van der Waals surface area contributed by atoms with Gasteiger partial charge in [0.25, 0.3) is 5.91 Å². The molecule has 1 aromatic heterocycles. The van der Waals surface area contributed by atoms with Gasteiger partial charge in [-0.3, -0.25) is 4.79 Å². The first-order valence-electron chi connectivity index (χ1n) is 8.87. The fraction of sp³-hybridized carbons (Fsp3) is 0.450. The van der Waals surface area contributed by atoms with Gasteiger partial charge in [-0.25, -0.2) is 0 Å². The number of amides is 1. The van der Waals surface area contributed by atoms with Crippen LogP contribution in [0.5, 0.6) is 5.75 Å². The van der Waals surface area contributed by atoms with Crippen LogP contribution in [-0.2, 0) is 6.42 Å². The molecule has 3 rings (SSSR count). The molecule has 0 N–H and O–H groups in total. The Bertz CT molecular complexity index is 707. The van der Waals surface area contributed by atoms with Crippen molar-refractivity contribution in [1.29, 1.82) is 0 Å². The van der Waals surface area contributed by atoms with Crippen LogP contribution in [0.4, 0.5) is 0 Å². The van der Waals surface area contributed by atoms with Gasteiger partial charge in [-0.05, 0) is 62.3 Å². The summed E-state index contributed by atoms with van der Waals surface area (Å²) in [5, 5.41) is 7.80. The van der Waals surface area contributed by atoms with Crippen LogP contribution in [0.3, 0.4) is 0 Å². The monoisotopic (exact) mass is 339 g/mol. The lowest BCUT2D eigenvalue weighted by Gasteiger charge is -2.32. The second-order valence-electron chi connectivity index (χ2n) is 6.71. The summed E-state index contributed by atoms with van der Waals surface area (Å²) in [4.78, 5) is 14.5. The molecule has 1 aliphatic heterocycles. The molecule has 0 unspecified atom stereocenters. The summed E-state index contributed by atoms with van der Waals surface area (Å²) in [5.41, 5.74) is 2.77. The minimum absolute atomic E-state index is 0.0756. The molecule has 132 valence electrons. The van der Waals surface area contributed by atoms with E-state index in [1.165, 1.54) is 12.0 Å². The maximum Gasteiger partial charge on any atom is 0.255 e. The van der Waals surface area contributed by atoms with Crippen LogP contribution in [0.25, 0.3) is 0 Å². The van der Waals surface area contributed by atoms with Crippen molar-refractivity contribution in [1.82, 2.24) is 15.1 Å². The average molecular weight is 339 g/mol. The third-order valence-electron chi connectivity index (χ3n) is 4.93. The maximum absolute atomic E-state index is 12.5. The van der Waals surface area contributed by atoms with Gasteiger partial charge in [-0.1, -0.05) is 12.1 Å². The van der Waals surface area contributed by atoms with E-state index >= 15 is 0 Å².